The van der Waals surface area contributed by atoms with Crippen LogP contribution in [0, 0.1) is 11.3 Å². The molecule has 0 saturated heterocycles. The molecule has 2 aromatic rings. The quantitative estimate of drug-likeness (QED) is 0.878. The number of hydrogen-bond donors (Lipinski definition) is 1. The number of anilines is 1. The molecule has 112 valence electrons. The second-order valence-electron chi connectivity index (χ2n) is 6.66. The van der Waals surface area contributed by atoms with E-state index in [4.69, 9.17) is 0 Å². The Balaban J connectivity index is 1.73. The maximum atomic E-state index is 12.1. The van der Waals surface area contributed by atoms with Gasteiger partial charge in [0, 0.05) is 10.3 Å². The van der Waals surface area contributed by atoms with E-state index in [1.165, 1.54) is 28.3 Å². The Morgan fingerprint density at radius 2 is 2.24 bits per heavy atom. The number of hydrogen-bond acceptors (Lipinski definition) is 4. The van der Waals surface area contributed by atoms with Gasteiger partial charge in [-0.2, -0.15) is 11.3 Å². The van der Waals surface area contributed by atoms with Crippen molar-refractivity contribution in [1.29, 1.82) is 0 Å². The number of thiophene rings is 1. The zero-order valence-corrected chi connectivity index (χ0v) is 14.2. The van der Waals surface area contributed by atoms with Crippen molar-refractivity contribution >= 4 is 33.7 Å². The Morgan fingerprint density at radius 3 is 2.90 bits per heavy atom. The molecule has 21 heavy (non-hydrogen) atoms. The Hall–Kier alpha value is -1.20. The average molecular weight is 320 g/mol. The Morgan fingerprint density at radius 1 is 1.43 bits per heavy atom. The fraction of sp³-hybridized carbons (Fsp3) is 0.500. The summed E-state index contributed by atoms with van der Waals surface area (Å²) >= 11 is 3.17. The second-order valence-corrected chi connectivity index (χ2v) is 8.52. The van der Waals surface area contributed by atoms with E-state index in [-0.39, 0.29) is 5.91 Å². The van der Waals surface area contributed by atoms with E-state index in [0.29, 0.717) is 16.9 Å². The number of aromatic nitrogens is 1. The summed E-state index contributed by atoms with van der Waals surface area (Å²) in [5.74, 6) is 0.639. The van der Waals surface area contributed by atoms with Crippen LogP contribution in [0.4, 0.5) is 5.13 Å². The lowest BCUT2D eigenvalue weighted by Gasteiger charge is -2.33. The molecule has 1 atom stereocenters. The predicted octanol–water partition coefficient (Wildman–Crippen LogP) is 4.61. The van der Waals surface area contributed by atoms with Crippen LogP contribution < -0.4 is 5.32 Å². The smallest absolute Gasteiger partial charge is 0.258 e. The zero-order valence-electron chi connectivity index (χ0n) is 12.6. The van der Waals surface area contributed by atoms with Gasteiger partial charge in [0.2, 0.25) is 0 Å². The van der Waals surface area contributed by atoms with Crippen molar-refractivity contribution in [2.45, 2.75) is 40.0 Å². The highest BCUT2D eigenvalue weighted by Crippen LogP contribution is 2.40. The van der Waals surface area contributed by atoms with E-state index in [1.54, 1.807) is 11.3 Å². The number of nitrogens with one attached hydrogen (secondary N) is 1. The number of aryl methyl sites for hydroxylation is 1. The fourth-order valence-electron chi connectivity index (χ4n) is 2.73. The van der Waals surface area contributed by atoms with E-state index in [2.05, 4.69) is 31.1 Å². The SMILES string of the molecule is CC(C)(C)C1CCc2nc(NC(=O)c3ccsc3)sc2C1. The van der Waals surface area contributed by atoms with Gasteiger partial charge in [-0.25, -0.2) is 4.98 Å². The predicted molar refractivity (Wildman–Crippen MR) is 89.4 cm³/mol. The summed E-state index contributed by atoms with van der Waals surface area (Å²) in [6, 6.07) is 1.84. The van der Waals surface area contributed by atoms with Crippen molar-refractivity contribution in [3.63, 3.8) is 0 Å². The molecule has 2 aromatic heterocycles. The standard InChI is InChI=1S/C16H20N2OS2/c1-16(2,3)11-4-5-12-13(8-11)21-15(17-12)18-14(19)10-6-7-20-9-10/h6-7,9,11H,4-5,8H2,1-3H3,(H,17,18,19). The van der Waals surface area contributed by atoms with Crippen LogP contribution in [0.3, 0.4) is 0 Å². The summed E-state index contributed by atoms with van der Waals surface area (Å²) in [5.41, 5.74) is 2.23. The molecule has 0 spiro atoms. The highest BCUT2D eigenvalue weighted by molar-refractivity contribution is 7.16. The molecule has 3 rings (SSSR count). The van der Waals surface area contributed by atoms with Gasteiger partial charge in [-0.3, -0.25) is 10.1 Å². The van der Waals surface area contributed by atoms with Crippen molar-refractivity contribution in [3.8, 4) is 0 Å². The summed E-state index contributed by atoms with van der Waals surface area (Å²) in [6.45, 7) is 6.93. The molecule has 0 fully saturated rings. The molecule has 1 aliphatic carbocycles. The molecule has 3 nitrogen and oxygen atoms in total. The lowest BCUT2D eigenvalue weighted by Crippen LogP contribution is -2.26. The van der Waals surface area contributed by atoms with E-state index in [0.717, 1.165) is 18.0 Å². The fourth-order valence-corrected chi connectivity index (χ4v) is 4.45. The van der Waals surface area contributed by atoms with E-state index < -0.39 is 0 Å². The van der Waals surface area contributed by atoms with Gasteiger partial charge in [0.25, 0.3) is 5.91 Å². The number of carbonyl (C=O) groups is 1. The van der Waals surface area contributed by atoms with E-state index in [9.17, 15) is 4.79 Å². The summed E-state index contributed by atoms with van der Waals surface area (Å²) < 4.78 is 0. The molecule has 1 unspecified atom stereocenters. The monoisotopic (exact) mass is 320 g/mol. The minimum Gasteiger partial charge on any atom is -0.298 e. The molecular weight excluding hydrogens is 300 g/mol. The van der Waals surface area contributed by atoms with Crippen LogP contribution in [-0.2, 0) is 12.8 Å². The lowest BCUT2D eigenvalue weighted by atomic mass is 9.73. The summed E-state index contributed by atoms with van der Waals surface area (Å²) in [6.07, 6.45) is 3.31. The number of carbonyl (C=O) groups excluding carboxylic acids is 1. The molecule has 1 aliphatic rings. The van der Waals surface area contributed by atoms with Gasteiger partial charge in [-0.15, -0.1) is 11.3 Å². The van der Waals surface area contributed by atoms with Gasteiger partial charge in [-0.05, 0) is 42.0 Å². The third-order valence-corrected chi connectivity index (χ3v) is 5.89. The molecule has 5 heteroatoms. The molecular formula is C16H20N2OS2. The maximum absolute atomic E-state index is 12.1. The molecule has 0 bridgehead atoms. The van der Waals surface area contributed by atoms with Crippen LogP contribution in [0.15, 0.2) is 16.8 Å². The Labute approximate surface area is 133 Å². The molecule has 0 radical (unpaired) electrons. The van der Waals surface area contributed by atoms with Gasteiger partial charge in [0.05, 0.1) is 11.3 Å². The molecule has 1 amide bonds. The van der Waals surface area contributed by atoms with Crippen molar-refractivity contribution in [3.05, 3.63) is 33.0 Å². The van der Waals surface area contributed by atoms with Gasteiger partial charge in [-0.1, -0.05) is 20.8 Å². The van der Waals surface area contributed by atoms with Crippen LogP contribution in [0.2, 0.25) is 0 Å². The summed E-state index contributed by atoms with van der Waals surface area (Å²) in [7, 11) is 0. The van der Waals surface area contributed by atoms with Crippen LogP contribution in [-0.4, -0.2) is 10.9 Å². The van der Waals surface area contributed by atoms with E-state index >= 15 is 0 Å². The first-order chi connectivity index (χ1) is 9.93. The van der Waals surface area contributed by atoms with Gasteiger partial charge >= 0.3 is 0 Å². The first-order valence-electron chi connectivity index (χ1n) is 7.25. The van der Waals surface area contributed by atoms with Crippen molar-refractivity contribution < 1.29 is 4.79 Å². The molecule has 0 saturated carbocycles. The molecule has 2 heterocycles. The van der Waals surface area contributed by atoms with Crippen LogP contribution in [0.25, 0.3) is 0 Å². The van der Waals surface area contributed by atoms with Crippen molar-refractivity contribution in [2.75, 3.05) is 5.32 Å². The number of rotatable bonds is 2. The number of fused-ring (bicyclic) bond motifs is 1. The summed E-state index contributed by atoms with van der Waals surface area (Å²) in [4.78, 5) is 18.0. The molecule has 0 aliphatic heterocycles. The maximum Gasteiger partial charge on any atom is 0.258 e. The summed E-state index contributed by atoms with van der Waals surface area (Å²) in [5, 5.41) is 7.44. The minimum absolute atomic E-state index is 0.0604. The van der Waals surface area contributed by atoms with Crippen LogP contribution in [0.5, 0.6) is 0 Å². The van der Waals surface area contributed by atoms with Crippen LogP contribution in [0.1, 0.15) is 48.1 Å². The third-order valence-electron chi connectivity index (χ3n) is 4.17. The number of nitrogens with zero attached hydrogens (tertiary/aromatic N) is 1. The molecule has 0 aromatic carbocycles. The highest BCUT2D eigenvalue weighted by atomic mass is 32.1. The largest absolute Gasteiger partial charge is 0.298 e. The second kappa shape index (κ2) is 5.54. The van der Waals surface area contributed by atoms with E-state index in [1.807, 2.05) is 16.8 Å². The molecule has 1 N–H and O–H groups in total. The lowest BCUT2D eigenvalue weighted by molar-refractivity contribution is 0.102. The van der Waals surface area contributed by atoms with Crippen molar-refractivity contribution in [2.24, 2.45) is 11.3 Å². The minimum atomic E-state index is -0.0604. The highest BCUT2D eigenvalue weighted by Gasteiger charge is 2.30. The van der Waals surface area contributed by atoms with Gasteiger partial charge in [0.1, 0.15) is 0 Å². The van der Waals surface area contributed by atoms with Crippen molar-refractivity contribution in [1.82, 2.24) is 4.98 Å². The van der Waals surface area contributed by atoms with Gasteiger partial charge < -0.3 is 0 Å². The first kappa shape index (κ1) is 14.7. The Bertz CT molecular complexity index is 638. The van der Waals surface area contributed by atoms with Crippen LogP contribution >= 0.6 is 22.7 Å². The Kier molecular flexibility index (Phi) is 3.88. The average Bonchev–Trinajstić information content (AvgIpc) is 3.05. The van der Waals surface area contributed by atoms with Gasteiger partial charge in [0.15, 0.2) is 5.13 Å². The zero-order chi connectivity index (χ0) is 15.0. The normalized spacial score (nSPS) is 18.3. The number of thiazole rings is 1. The first-order valence-corrected chi connectivity index (χ1v) is 9.01. The number of amides is 1. The topological polar surface area (TPSA) is 42.0 Å². The third kappa shape index (κ3) is 3.19.